The molecule has 1 atom stereocenters. The van der Waals surface area contributed by atoms with E-state index in [0.29, 0.717) is 13.1 Å². The maximum Gasteiger partial charge on any atom is 0.234 e. The molecule has 2 rings (SSSR count). The van der Waals surface area contributed by atoms with E-state index in [1.54, 1.807) is 0 Å². The van der Waals surface area contributed by atoms with Crippen LogP contribution >= 0.6 is 0 Å². The number of benzene rings is 1. The van der Waals surface area contributed by atoms with Crippen LogP contribution in [0.2, 0.25) is 0 Å². The van der Waals surface area contributed by atoms with Crippen molar-refractivity contribution in [3.8, 4) is 0 Å². The minimum atomic E-state index is 0.0680. The van der Waals surface area contributed by atoms with Crippen LogP contribution in [0.3, 0.4) is 0 Å². The molecule has 0 spiro atoms. The predicted octanol–water partition coefficient (Wildman–Crippen LogP) is 1.19. The summed E-state index contributed by atoms with van der Waals surface area (Å²) in [7, 11) is 0. The summed E-state index contributed by atoms with van der Waals surface area (Å²) >= 11 is 0. The zero-order valence-corrected chi connectivity index (χ0v) is 11.9. The van der Waals surface area contributed by atoms with Crippen molar-refractivity contribution >= 4 is 5.91 Å². The maximum atomic E-state index is 11.8. The van der Waals surface area contributed by atoms with Crippen LogP contribution in [0.25, 0.3) is 0 Å². The number of hydrogen-bond acceptors (Lipinski definition) is 3. The Morgan fingerprint density at radius 2 is 2.15 bits per heavy atom. The fourth-order valence-electron chi connectivity index (χ4n) is 2.72. The van der Waals surface area contributed by atoms with Crippen molar-refractivity contribution in [1.29, 1.82) is 0 Å². The van der Waals surface area contributed by atoms with Crippen molar-refractivity contribution in [1.82, 2.24) is 10.2 Å². The Morgan fingerprint density at radius 3 is 2.90 bits per heavy atom. The first kappa shape index (κ1) is 15.0. The number of aliphatic hydroxyl groups excluding tert-OH is 1. The summed E-state index contributed by atoms with van der Waals surface area (Å²) in [6.45, 7) is 2.20. The second kappa shape index (κ2) is 8.02. The van der Waals surface area contributed by atoms with E-state index >= 15 is 0 Å². The molecule has 110 valence electrons. The zero-order chi connectivity index (χ0) is 14.2. The standard InChI is InChI=1S/C16H24N2O2/c19-13-15-9-5-11-18(15)12-16(20)17-10-4-8-14-6-2-1-3-7-14/h1-3,6-7,15,19H,4-5,8-13H2,(H,17,20)/t15-/m0/s1. The number of hydrogen-bond donors (Lipinski definition) is 2. The number of rotatable bonds is 7. The van der Waals surface area contributed by atoms with Gasteiger partial charge in [-0.1, -0.05) is 30.3 Å². The van der Waals surface area contributed by atoms with Gasteiger partial charge in [-0.05, 0) is 37.8 Å². The SMILES string of the molecule is O=C(CN1CCC[C@H]1CO)NCCCc1ccccc1. The number of likely N-dealkylation sites (tertiary alicyclic amines) is 1. The Labute approximate surface area is 120 Å². The predicted molar refractivity (Wildman–Crippen MR) is 79.5 cm³/mol. The van der Waals surface area contributed by atoms with Crippen LogP contribution in [0.5, 0.6) is 0 Å². The molecule has 0 unspecified atom stereocenters. The van der Waals surface area contributed by atoms with Gasteiger partial charge >= 0.3 is 0 Å². The van der Waals surface area contributed by atoms with Gasteiger partial charge in [0, 0.05) is 12.6 Å². The molecule has 4 heteroatoms. The average Bonchev–Trinajstić information content (AvgIpc) is 2.92. The Balaban J connectivity index is 1.61. The van der Waals surface area contributed by atoms with Crippen molar-refractivity contribution in [2.24, 2.45) is 0 Å². The van der Waals surface area contributed by atoms with Crippen molar-refractivity contribution in [3.05, 3.63) is 35.9 Å². The van der Waals surface area contributed by atoms with E-state index in [9.17, 15) is 9.90 Å². The van der Waals surface area contributed by atoms with E-state index in [-0.39, 0.29) is 18.6 Å². The van der Waals surface area contributed by atoms with E-state index < -0.39 is 0 Å². The molecule has 0 aromatic heterocycles. The molecular formula is C16H24N2O2. The van der Waals surface area contributed by atoms with Crippen LogP contribution in [-0.2, 0) is 11.2 Å². The van der Waals surface area contributed by atoms with E-state index in [4.69, 9.17) is 0 Å². The Bertz CT molecular complexity index is 408. The molecule has 1 aliphatic heterocycles. The molecule has 1 saturated heterocycles. The van der Waals surface area contributed by atoms with E-state index in [0.717, 1.165) is 32.2 Å². The largest absolute Gasteiger partial charge is 0.395 e. The normalized spacial score (nSPS) is 19.1. The highest BCUT2D eigenvalue weighted by Crippen LogP contribution is 2.15. The van der Waals surface area contributed by atoms with Gasteiger partial charge in [0.2, 0.25) is 5.91 Å². The maximum absolute atomic E-state index is 11.8. The molecule has 1 fully saturated rings. The number of aryl methyl sites for hydroxylation is 1. The summed E-state index contributed by atoms with van der Waals surface area (Å²) in [6, 6.07) is 10.5. The van der Waals surface area contributed by atoms with Crippen molar-refractivity contribution in [2.75, 3.05) is 26.2 Å². The summed E-state index contributed by atoms with van der Waals surface area (Å²) in [5.41, 5.74) is 1.31. The summed E-state index contributed by atoms with van der Waals surface area (Å²) in [4.78, 5) is 13.9. The fraction of sp³-hybridized carbons (Fsp3) is 0.562. The first-order chi connectivity index (χ1) is 9.79. The third kappa shape index (κ3) is 4.62. The molecule has 0 aliphatic carbocycles. The van der Waals surface area contributed by atoms with Crippen LogP contribution in [-0.4, -0.2) is 48.2 Å². The molecule has 20 heavy (non-hydrogen) atoms. The van der Waals surface area contributed by atoms with E-state index in [1.165, 1.54) is 5.56 Å². The lowest BCUT2D eigenvalue weighted by Gasteiger charge is -2.21. The highest BCUT2D eigenvalue weighted by molar-refractivity contribution is 5.78. The van der Waals surface area contributed by atoms with Crippen molar-refractivity contribution in [3.63, 3.8) is 0 Å². The van der Waals surface area contributed by atoms with Crippen LogP contribution in [0.4, 0.5) is 0 Å². The summed E-state index contributed by atoms with van der Waals surface area (Å²) in [5.74, 6) is 0.0680. The lowest BCUT2D eigenvalue weighted by atomic mass is 10.1. The average molecular weight is 276 g/mol. The molecule has 1 aliphatic rings. The first-order valence-corrected chi connectivity index (χ1v) is 7.45. The lowest BCUT2D eigenvalue weighted by Crippen LogP contribution is -2.41. The quantitative estimate of drug-likeness (QED) is 0.736. The number of aliphatic hydroxyl groups is 1. The number of carbonyl (C=O) groups excluding carboxylic acids is 1. The minimum Gasteiger partial charge on any atom is -0.395 e. The summed E-state index contributed by atoms with van der Waals surface area (Å²) in [6.07, 6.45) is 4.02. The highest BCUT2D eigenvalue weighted by Gasteiger charge is 2.25. The third-order valence-corrected chi connectivity index (χ3v) is 3.86. The third-order valence-electron chi connectivity index (χ3n) is 3.86. The van der Waals surface area contributed by atoms with E-state index in [1.807, 2.05) is 18.2 Å². The van der Waals surface area contributed by atoms with Crippen LogP contribution in [0.1, 0.15) is 24.8 Å². The number of nitrogens with zero attached hydrogens (tertiary/aromatic N) is 1. The molecule has 0 bridgehead atoms. The smallest absolute Gasteiger partial charge is 0.234 e. The topological polar surface area (TPSA) is 52.6 Å². The molecule has 1 aromatic rings. The Hall–Kier alpha value is -1.39. The molecule has 0 saturated carbocycles. The van der Waals surface area contributed by atoms with E-state index in [2.05, 4.69) is 22.3 Å². The molecule has 4 nitrogen and oxygen atoms in total. The monoisotopic (exact) mass is 276 g/mol. The van der Waals surface area contributed by atoms with Gasteiger partial charge in [0.15, 0.2) is 0 Å². The number of nitrogens with one attached hydrogen (secondary N) is 1. The fourth-order valence-corrected chi connectivity index (χ4v) is 2.72. The molecular weight excluding hydrogens is 252 g/mol. The Morgan fingerprint density at radius 1 is 1.35 bits per heavy atom. The lowest BCUT2D eigenvalue weighted by molar-refractivity contribution is -0.122. The molecule has 1 aromatic carbocycles. The molecule has 1 amide bonds. The van der Waals surface area contributed by atoms with Crippen LogP contribution < -0.4 is 5.32 Å². The van der Waals surface area contributed by atoms with Gasteiger partial charge in [0.05, 0.1) is 13.2 Å². The van der Waals surface area contributed by atoms with Gasteiger partial charge in [0.25, 0.3) is 0 Å². The second-order valence-electron chi connectivity index (χ2n) is 5.39. The molecule has 2 N–H and O–H groups in total. The summed E-state index contributed by atoms with van der Waals surface area (Å²) in [5, 5.41) is 12.2. The van der Waals surface area contributed by atoms with Gasteiger partial charge in [-0.2, -0.15) is 0 Å². The van der Waals surface area contributed by atoms with Crippen molar-refractivity contribution < 1.29 is 9.90 Å². The van der Waals surface area contributed by atoms with Crippen molar-refractivity contribution in [2.45, 2.75) is 31.7 Å². The summed E-state index contributed by atoms with van der Waals surface area (Å²) < 4.78 is 0. The minimum absolute atomic E-state index is 0.0680. The van der Waals surface area contributed by atoms with Gasteiger partial charge in [-0.3, -0.25) is 9.69 Å². The Kier molecular flexibility index (Phi) is 6.02. The van der Waals surface area contributed by atoms with Gasteiger partial charge in [-0.25, -0.2) is 0 Å². The van der Waals surface area contributed by atoms with Crippen LogP contribution in [0, 0.1) is 0 Å². The zero-order valence-electron chi connectivity index (χ0n) is 11.9. The number of amides is 1. The second-order valence-corrected chi connectivity index (χ2v) is 5.39. The number of carbonyl (C=O) groups is 1. The van der Waals surface area contributed by atoms with Gasteiger partial charge < -0.3 is 10.4 Å². The first-order valence-electron chi connectivity index (χ1n) is 7.45. The molecule has 0 radical (unpaired) electrons. The molecule has 1 heterocycles. The van der Waals surface area contributed by atoms with Gasteiger partial charge in [0.1, 0.15) is 0 Å². The van der Waals surface area contributed by atoms with Gasteiger partial charge in [-0.15, -0.1) is 0 Å². The van der Waals surface area contributed by atoms with Crippen LogP contribution in [0.15, 0.2) is 30.3 Å². The highest BCUT2D eigenvalue weighted by atomic mass is 16.3.